The molecule has 6 nitrogen and oxygen atoms in total. The van der Waals surface area contributed by atoms with Gasteiger partial charge in [0.15, 0.2) is 0 Å². The van der Waals surface area contributed by atoms with Gasteiger partial charge in [0.25, 0.3) is 5.91 Å². The van der Waals surface area contributed by atoms with Gasteiger partial charge in [0, 0.05) is 25.1 Å². The molecule has 2 aliphatic heterocycles. The first-order valence-electron chi connectivity index (χ1n) is 8.21. The molecule has 0 aliphatic carbocycles. The number of amides is 2. The van der Waals surface area contributed by atoms with Crippen molar-refractivity contribution in [2.75, 3.05) is 19.6 Å². The molecule has 1 fully saturated rings. The molecule has 6 heteroatoms. The summed E-state index contributed by atoms with van der Waals surface area (Å²) in [7, 11) is 0. The summed E-state index contributed by atoms with van der Waals surface area (Å²) in [5, 5.41) is 8.83. The molecule has 0 bridgehead atoms. The molecule has 1 spiro atoms. The van der Waals surface area contributed by atoms with Crippen molar-refractivity contribution in [3.8, 4) is 6.07 Å². The van der Waals surface area contributed by atoms with Crippen LogP contribution in [0.4, 0.5) is 0 Å². The van der Waals surface area contributed by atoms with Crippen molar-refractivity contribution in [1.29, 1.82) is 5.26 Å². The second kappa shape index (κ2) is 6.44. The van der Waals surface area contributed by atoms with Crippen molar-refractivity contribution in [3.63, 3.8) is 0 Å². The lowest BCUT2D eigenvalue weighted by Gasteiger charge is -2.37. The molecule has 0 N–H and O–H groups in total. The lowest BCUT2D eigenvalue weighted by molar-refractivity contribution is -0.127. The van der Waals surface area contributed by atoms with E-state index >= 15 is 0 Å². The summed E-state index contributed by atoms with van der Waals surface area (Å²) in [6, 6.07) is 8.76. The highest BCUT2D eigenvalue weighted by Gasteiger charge is 2.40. The fourth-order valence-electron chi connectivity index (χ4n) is 3.23. The fourth-order valence-corrected chi connectivity index (χ4v) is 3.23. The van der Waals surface area contributed by atoms with E-state index < -0.39 is 0 Å². The van der Waals surface area contributed by atoms with Crippen LogP contribution in [-0.2, 0) is 4.79 Å². The van der Waals surface area contributed by atoms with Gasteiger partial charge in [-0.05, 0) is 37.1 Å². The Morgan fingerprint density at radius 2 is 1.92 bits per heavy atom. The molecule has 0 radical (unpaired) electrons. The number of piperidine rings is 1. The number of nitrogens with zero attached hydrogens (tertiary/aromatic N) is 4. The van der Waals surface area contributed by atoms with Gasteiger partial charge in [0.2, 0.25) is 5.91 Å². The molecule has 2 heterocycles. The topological polar surface area (TPSA) is 76.8 Å². The van der Waals surface area contributed by atoms with Crippen LogP contribution in [0.2, 0.25) is 0 Å². The Labute approximate surface area is 141 Å². The summed E-state index contributed by atoms with van der Waals surface area (Å²) in [6.45, 7) is 3.73. The molecule has 124 valence electrons. The van der Waals surface area contributed by atoms with Crippen molar-refractivity contribution in [2.24, 2.45) is 4.99 Å². The van der Waals surface area contributed by atoms with Crippen molar-refractivity contribution in [3.05, 3.63) is 35.4 Å². The number of likely N-dealkylation sites (tertiary alicyclic amines) is 1. The van der Waals surface area contributed by atoms with Crippen LogP contribution in [0.15, 0.2) is 29.3 Å². The first-order chi connectivity index (χ1) is 11.6. The Morgan fingerprint density at radius 3 is 2.50 bits per heavy atom. The Bertz CT molecular complexity index is 710. The second-order valence-electron chi connectivity index (χ2n) is 6.33. The average Bonchev–Trinajstić information content (AvgIpc) is 3.05. The first kappa shape index (κ1) is 16.2. The number of hydrogen-bond acceptors (Lipinski definition) is 4. The Balaban J connectivity index is 1.61. The predicted molar refractivity (Wildman–Crippen MR) is 89.5 cm³/mol. The molecule has 0 atom stereocenters. The lowest BCUT2D eigenvalue weighted by Crippen LogP contribution is -2.48. The third kappa shape index (κ3) is 3.02. The van der Waals surface area contributed by atoms with E-state index in [2.05, 4.69) is 11.1 Å². The Morgan fingerprint density at radius 1 is 1.25 bits per heavy atom. The Kier molecular flexibility index (Phi) is 4.34. The molecule has 0 unspecified atom stereocenters. The summed E-state index contributed by atoms with van der Waals surface area (Å²) >= 11 is 0. The van der Waals surface area contributed by atoms with Gasteiger partial charge >= 0.3 is 0 Å². The molecule has 0 aromatic heterocycles. The summed E-state index contributed by atoms with van der Waals surface area (Å²) in [5.74, 6) is 0.0736. The van der Waals surface area contributed by atoms with Gasteiger partial charge in [-0.25, -0.2) is 0 Å². The quantitative estimate of drug-likeness (QED) is 0.832. The van der Waals surface area contributed by atoms with Crippen LogP contribution in [0.5, 0.6) is 0 Å². The SMILES string of the molecule is CCC(=O)N1C=NC2(CCN(C(=O)c3ccc(C#N)cc3)CC2)C1. The van der Waals surface area contributed by atoms with Crippen LogP contribution < -0.4 is 0 Å². The van der Waals surface area contributed by atoms with Crippen LogP contribution in [0.3, 0.4) is 0 Å². The largest absolute Gasteiger partial charge is 0.338 e. The number of nitriles is 1. The summed E-state index contributed by atoms with van der Waals surface area (Å²) < 4.78 is 0. The van der Waals surface area contributed by atoms with Crippen LogP contribution in [-0.4, -0.2) is 53.1 Å². The third-order valence-corrected chi connectivity index (χ3v) is 4.80. The molecular formula is C18H20N4O2. The molecule has 24 heavy (non-hydrogen) atoms. The molecule has 1 saturated heterocycles. The van der Waals surface area contributed by atoms with Crippen LogP contribution in [0.25, 0.3) is 0 Å². The van der Waals surface area contributed by atoms with Gasteiger partial charge in [-0.1, -0.05) is 6.92 Å². The number of benzene rings is 1. The minimum atomic E-state index is -0.230. The predicted octanol–water partition coefficient (Wildman–Crippen LogP) is 1.81. The second-order valence-corrected chi connectivity index (χ2v) is 6.33. The highest BCUT2D eigenvalue weighted by atomic mass is 16.2. The highest BCUT2D eigenvalue weighted by molar-refractivity contribution is 5.94. The molecular weight excluding hydrogens is 304 g/mol. The number of hydrogen-bond donors (Lipinski definition) is 0. The standard InChI is InChI=1S/C18H20N4O2/c1-2-16(23)22-12-18(20-13-22)7-9-21(10-8-18)17(24)15-5-3-14(11-19)4-6-15/h3-6,13H,2,7-10,12H2,1H3. The van der Waals surface area contributed by atoms with Gasteiger partial charge in [-0.15, -0.1) is 0 Å². The van der Waals surface area contributed by atoms with Gasteiger partial charge in [0.1, 0.15) is 0 Å². The van der Waals surface area contributed by atoms with Gasteiger partial charge in [0.05, 0.1) is 30.1 Å². The zero-order valence-corrected chi connectivity index (χ0v) is 13.7. The van der Waals surface area contributed by atoms with E-state index in [4.69, 9.17) is 5.26 Å². The van der Waals surface area contributed by atoms with Gasteiger partial charge < -0.3 is 9.80 Å². The summed E-state index contributed by atoms with van der Waals surface area (Å²) in [5.41, 5.74) is 0.916. The minimum Gasteiger partial charge on any atom is -0.338 e. The Hall–Kier alpha value is -2.68. The van der Waals surface area contributed by atoms with E-state index in [1.54, 1.807) is 35.5 Å². The molecule has 1 aromatic carbocycles. The lowest BCUT2D eigenvalue weighted by atomic mass is 9.88. The van der Waals surface area contributed by atoms with Crippen LogP contribution >= 0.6 is 0 Å². The van der Waals surface area contributed by atoms with Crippen molar-refractivity contribution in [2.45, 2.75) is 31.7 Å². The smallest absolute Gasteiger partial charge is 0.253 e. The van der Waals surface area contributed by atoms with Crippen molar-refractivity contribution < 1.29 is 9.59 Å². The number of aliphatic imine (C=N–C) groups is 1. The van der Waals surface area contributed by atoms with E-state index in [0.717, 1.165) is 12.8 Å². The third-order valence-electron chi connectivity index (χ3n) is 4.80. The summed E-state index contributed by atoms with van der Waals surface area (Å²) in [4.78, 5) is 32.4. The average molecular weight is 324 g/mol. The van der Waals surface area contributed by atoms with Crippen molar-refractivity contribution >= 4 is 18.2 Å². The molecule has 2 aliphatic rings. The number of carbonyl (C=O) groups excluding carboxylic acids is 2. The van der Waals surface area contributed by atoms with E-state index in [1.165, 1.54) is 0 Å². The summed E-state index contributed by atoms with van der Waals surface area (Å²) in [6.07, 6.45) is 3.66. The number of rotatable bonds is 2. The van der Waals surface area contributed by atoms with Gasteiger partial charge in [-0.2, -0.15) is 5.26 Å². The van der Waals surface area contributed by atoms with E-state index in [0.29, 0.717) is 37.2 Å². The molecule has 0 saturated carbocycles. The zero-order valence-electron chi connectivity index (χ0n) is 13.7. The monoisotopic (exact) mass is 324 g/mol. The normalized spacial score (nSPS) is 18.7. The zero-order chi connectivity index (χ0) is 17.2. The molecule has 1 aromatic rings. The maximum Gasteiger partial charge on any atom is 0.253 e. The maximum atomic E-state index is 12.6. The van der Waals surface area contributed by atoms with Crippen LogP contribution in [0, 0.1) is 11.3 Å². The van der Waals surface area contributed by atoms with E-state index in [9.17, 15) is 9.59 Å². The molecule has 2 amide bonds. The number of carbonyl (C=O) groups is 2. The maximum absolute atomic E-state index is 12.6. The van der Waals surface area contributed by atoms with Crippen LogP contribution in [0.1, 0.15) is 42.1 Å². The molecule has 3 rings (SSSR count). The minimum absolute atomic E-state index is 0.0159. The fraction of sp³-hybridized carbons (Fsp3) is 0.444. The van der Waals surface area contributed by atoms with E-state index in [-0.39, 0.29) is 17.4 Å². The van der Waals surface area contributed by atoms with Crippen molar-refractivity contribution in [1.82, 2.24) is 9.80 Å². The van der Waals surface area contributed by atoms with Gasteiger partial charge in [-0.3, -0.25) is 14.6 Å². The highest BCUT2D eigenvalue weighted by Crippen LogP contribution is 2.31. The van der Waals surface area contributed by atoms with E-state index in [1.807, 2.05) is 11.8 Å². The first-order valence-corrected chi connectivity index (χ1v) is 8.21.